The van der Waals surface area contributed by atoms with Gasteiger partial charge in [-0.15, -0.1) is 11.3 Å². The van der Waals surface area contributed by atoms with E-state index in [1.807, 2.05) is 0 Å². The van der Waals surface area contributed by atoms with Crippen LogP contribution in [-0.4, -0.2) is 35.0 Å². The van der Waals surface area contributed by atoms with Crippen molar-refractivity contribution in [2.45, 2.75) is 18.9 Å². The fraction of sp³-hybridized carbons (Fsp3) is 0.161. The Morgan fingerprint density at radius 3 is 2.83 bits per heavy atom. The van der Waals surface area contributed by atoms with Crippen molar-refractivity contribution >= 4 is 50.3 Å². The minimum Gasteiger partial charge on any atom is -0.380 e. The van der Waals surface area contributed by atoms with Gasteiger partial charge in [0.2, 0.25) is 0 Å². The lowest BCUT2D eigenvalue weighted by atomic mass is 10.0. The second-order valence-corrected chi connectivity index (χ2v) is 10.9. The van der Waals surface area contributed by atoms with E-state index in [0.717, 1.165) is 58.5 Å². The molecule has 2 amide bonds. The molecule has 0 bridgehead atoms. The number of nitrogens with zero attached hydrogens (tertiary/aromatic N) is 3. The first kappa shape index (κ1) is 25.8. The summed E-state index contributed by atoms with van der Waals surface area (Å²) in [4.78, 5) is 23.5. The van der Waals surface area contributed by atoms with Gasteiger partial charge in [0.1, 0.15) is 16.5 Å². The standard InChI is InChI=1S/C31H27F2N5OS/c1-4-18(2)37-14-6-8-22(17-37)35-19(3)29-28-27-26(12-13-34-30(27)40-29)38(31(39)36-28)23-9-5-7-20(15-23)24-11-10-21(32)16-25(24)33/h4-5,7,9-13,15-16,22,35H,1-3,6,8,14,17H2,(H,36,39)/t22-/m1/s1. The molecule has 4 aromatic rings. The summed E-state index contributed by atoms with van der Waals surface area (Å²) in [5.41, 5.74) is 4.30. The summed E-state index contributed by atoms with van der Waals surface area (Å²) in [7, 11) is 0. The monoisotopic (exact) mass is 555 g/mol. The highest BCUT2D eigenvalue weighted by molar-refractivity contribution is 7.20. The lowest BCUT2D eigenvalue weighted by molar-refractivity contribution is 0.254. The molecular formula is C31H27F2N5OS. The van der Waals surface area contributed by atoms with Crippen LogP contribution in [0.2, 0.25) is 0 Å². The van der Waals surface area contributed by atoms with Gasteiger partial charge in [0.25, 0.3) is 0 Å². The molecular weight excluding hydrogens is 528 g/mol. The van der Waals surface area contributed by atoms with E-state index in [4.69, 9.17) is 0 Å². The zero-order chi connectivity index (χ0) is 28.0. The van der Waals surface area contributed by atoms with Gasteiger partial charge in [-0.1, -0.05) is 31.9 Å². The molecule has 4 heterocycles. The van der Waals surface area contributed by atoms with E-state index in [2.05, 4.69) is 40.3 Å². The maximum Gasteiger partial charge on any atom is 0.331 e. The average molecular weight is 556 g/mol. The summed E-state index contributed by atoms with van der Waals surface area (Å²) < 4.78 is 28.0. The molecule has 2 N–H and O–H groups in total. The van der Waals surface area contributed by atoms with Gasteiger partial charge in [0.15, 0.2) is 0 Å². The fourth-order valence-electron chi connectivity index (χ4n) is 5.39. The van der Waals surface area contributed by atoms with E-state index in [1.165, 1.54) is 23.5 Å². The van der Waals surface area contributed by atoms with E-state index in [-0.39, 0.29) is 17.6 Å². The predicted octanol–water partition coefficient (Wildman–Crippen LogP) is 7.65. The van der Waals surface area contributed by atoms with Crippen molar-refractivity contribution in [3.8, 4) is 11.1 Å². The highest BCUT2D eigenvalue weighted by Gasteiger charge is 2.32. The van der Waals surface area contributed by atoms with Crippen LogP contribution in [0.25, 0.3) is 27.0 Å². The summed E-state index contributed by atoms with van der Waals surface area (Å²) >= 11 is 1.47. The van der Waals surface area contributed by atoms with Crippen LogP contribution in [0.4, 0.5) is 30.6 Å². The second kappa shape index (κ2) is 10.2. The summed E-state index contributed by atoms with van der Waals surface area (Å²) in [6.45, 7) is 14.0. The minimum absolute atomic E-state index is 0.174. The number of hydrogen-bond donors (Lipinski definition) is 2. The van der Waals surface area contributed by atoms with Gasteiger partial charge in [-0.05, 0) is 54.8 Å². The van der Waals surface area contributed by atoms with Crippen molar-refractivity contribution in [1.29, 1.82) is 0 Å². The smallest absolute Gasteiger partial charge is 0.331 e. The first-order valence-corrected chi connectivity index (χ1v) is 13.8. The third-order valence-corrected chi connectivity index (χ3v) is 8.47. The number of nitrogens with one attached hydrogen (secondary N) is 2. The molecule has 0 unspecified atom stereocenters. The normalized spacial score (nSPS) is 16.6. The average Bonchev–Trinajstić information content (AvgIpc) is 3.32. The summed E-state index contributed by atoms with van der Waals surface area (Å²) in [5.74, 6) is -1.32. The summed E-state index contributed by atoms with van der Waals surface area (Å²) in [5, 5.41) is 7.42. The van der Waals surface area contributed by atoms with Gasteiger partial charge in [-0.2, -0.15) is 0 Å². The van der Waals surface area contributed by atoms with Crippen molar-refractivity contribution in [2.24, 2.45) is 0 Å². The number of urea groups is 1. The van der Waals surface area contributed by atoms with E-state index in [0.29, 0.717) is 22.6 Å². The van der Waals surface area contributed by atoms with Gasteiger partial charge in [0, 0.05) is 48.4 Å². The molecule has 2 aliphatic rings. The minimum atomic E-state index is -0.669. The number of piperidine rings is 1. The molecule has 6 nitrogen and oxygen atoms in total. The highest BCUT2D eigenvalue weighted by atomic mass is 32.1. The number of carbonyl (C=O) groups is 1. The Labute approximate surface area is 234 Å². The topological polar surface area (TPSA) is 60.5 Å². The molecule has 2 aliphatic heterocycles. The zero-order valence-electron chi connectivity index (χ0n) is 21.7. The van der Waals surface area contributed by atoms with Gasteiger partial charge in [-0.3, -0.25) is 4.90 Å². The van der Waals surface area contributed by atoms with Gasteiger partial charge < -0.3 is 15.5 Å². The van der Waals surface area contributed by atoms with Crippen molar-refractivity contribution in [3.63, 3.8) is 0 Å². The molecule has 9 heteroatoms. The Morgan fingerprint density at radius 2 is 2.02 bits per heavy atom. The fourth-order valence-corrected chi connectivity index (χ4v) is 6.44. The Hall–Kier alpha value is -4.50. The number of benzene rings is 2. The number of allylic oxidation sites excluding steroid dienone is 1. The summed E-state index contributed by atoms with van der Waals surface area (Å²) in [6.07, 6.45) is 5.46. The maximum atomic E-state index is 14.5. The molecule has 2 aromatic heterocycles. The van der Waals surface area contributed by atoms with Crippen LogP contribution >= 0.6 is 11.3 Å². The predicted molar refractivity (Wildman–Crippen MR) is 159 cm³/mol. The third kappa shape index (κ3) is 4.52. The van der Waals surface area contributed by atoms with E-state index in [1.54, 1.807) is 47.5 Å². The summed E-state index contributed by atoms with van der Waals surface area (Å²) in [6, 6.07) is 12.0. The first-order chi connectivity index (χ1) is 19.3. The van der Waals surface area contributed by atoms with Crippen molar-refractivity contribution < 1.29 is 13.6 Å². The SMILES string of the molecule is C=CC(=C)N1CCC[C@@H](NC(=C)c2sc3nccc4c3c2NC(=O)N4c2cccc(-c3ccc(F)cc3F)c2)C1. The molecule has 40 heavy (non-hydrogen) atoms. The number of likely N-dealkylation sites (tertiary alicyclic amines) is 1. The highest BCUT2D eigenvalue weighted by Crippen LogP contribution is 2.47. The van der Waals surface area contributed by atoms with Crippen LogP contribution in [0.5, 0.6) is 0 Å². The molecule has 0 radical (unpaired) electrons. The zero-order valence-corrected chi connectivity index (χ0v) is 22.5. The Morgan fingerprint density at radius 1 is 1.18 bits per heavy atom. The maximum absolute atomic E-state index is 14.5. The molecule has 0 aliphatic carbocycles. The van der Waals surface area contributed by atoms with Crippen molar-refractivity contribution in [1.82, 2.24) is 15.2 Å². The van der Waals surface area contributed by atoms with Crippen LogP contribution in [-0.2, 0) is 0 Å². The van der Waals surface area contributed by atoms with Crippen molar-refractivity contribution in [3.05, 3.63) is 103 Å². The number of halogens is 2. The Balaban J connectivity index is 1.34. The number of thiophene rings is 1. The van der Waals surface area contributed by atoms with Gasteiger partial charge >= 0.3 is 6.03 Å². The lowest BCUT2D eigenvalue weighted by Gasteiger charge is -2.36. The number of anilines is 3. The number of carbonyl (C=O) groups excluding carboxylic acids is 1. The molecule has 1 saturated heterocycles. The number of pyridine rings is 1. The van der Waals surface area contributed by atoms with E-state index in [9.17, 15) is 13.6 Å². The molecule has 0 saturated carbocycles. The van der Waals surface area contributed by atoms with Crippen LogP contribution in [0, 0.1) is 11.6 Å². The van der Waals surface area contributed by atoms with Crippen LogP contribution in [0.15, 0.2) is 86.2 Å². The van der Waals surface area contributed by atoms with Crippen LogP contribution in [0.1, 0.15) is 17.7 Å². The van der Waals surface area contributed by atoms with Crippen LogP contribution < -0.4 is 15.5 Å². The number of hydrogen-bond acceptors (Lipinski definition) is 5. The molecule has 2 aromatic carbocycles. The first-order valence-electron chi connectivity index (χ1n) is 12.9. The quantitative estimate of drug-likeness (QED) is 0.230. The molecule has 1 atom stereocenters. The lowest BCUT2D eigenvalue weighted by Crippen LogP contribution is -2.44. The largest absolute Gasteiger partial charge is 0.380 e. The van der Waals surface area contributed by atoms with E-state index < -0.39 is 11.6 Å². The third-order valence-electron chi connectivity index (χ3n) is 7.31. The number of rotatable bonds is 7. The van der Waals surface area contributed by atoms with Gasteiger partial charge in [-0.25, -0.2) is 18.6 Å². The molecule has 6 rings (SSSR count). The van der Waals surface area contributed by atoms with Crippen molar-refractivity contribution in [2.75, 3.05) is 23.3 Å². The Kier molecular flexibility index (Phi) is 6.59. The van der Waals surface area contributed by atoms with Gasteiger partial charge in [0.05, 0.1) is 27.3 Å². The molecule has 0 spiro atoms. The number of amides is 2. The Bertz CT molecular complexity index is 1700. The van der Waals surface area contributed by atoms with Crippen LogP contribution in [0.3, 0.4) is 0 Å². The number of aromatic nitrogens is 1. The molecule has 202 valence electrons. The second-order valence-electron chi connectivity index (χ2n) is 9.86. The van der Waals surface area contributed by atoms with E-state index >= 15 is 0 Å². The molecule has 1 fully saturated rings.